The second kappa shape index (κ2) is 7.89. The maximum absolute atomic E-state index is 12.3. The Labute approximate surface area is 133 Å². The van der Waals surface area contributed by atoms with E-state index in [1.165, 1.54) is 0 Å². The predicted octanol–water partition coefficient (Wildman–Crippen LogP) is 3.70. The summed E-state index contributed by atoms with van der Waals surface area (Å²) < 4.78 is 81.9. The highest BCUT2D eigenvalue weighted by Crippen LogP contribution is 2.36. The van der Waals surface area contributed by atoms with Gasteiger partial charge in [-0.2, -0.15) is 26.3 Å². The number of ether oxygens (including phenoxy) is 2. The van der Waals surface area contributed by atoms with E-state index < -0.39 is 42.6 Å². The van der Waals surface area contributed by atoms with Gasteiger partial charge in [-0.3, -0.25) is 4.79 Å². The van der Waals surface area contributed by atoms with Gasteiger partial charge in [0.05, 0.1) is 11.5 Å². The van der Waals surface area contributed by atoms with Crippen LogP contribution >= 0.6 is 0 Å². The number of halogens is 6. The molecule has 0 unspecified atom stereocenters. The Morgan fingerprint density at radius 2 is 1.50 bits per heavy atom. The lowest BCUT2D eigenvalue weighted by atomic mass is 9.89. The molecule has 1 saturated carbocycles. The maximum atomic E-state index is 12.3. The smallest absolute Gasteiger partial charge is 0.434 e. The van der Waals surface area contributed by atoms with Crippen molar-refractivity contribution in [3.8, 4) is 0 Å². The molecule has 0 N–H and O–H groups in total. The van der Waals surface area contributed by atoms with E-state index in [1.54, 1.807) is 0 Å². The van der Waals surface area contributed by atoms with Crippen LogP contribution in [0.1, 0.15) is 32.1 Å². The molecule has 0 aromatic rings. The third kappa shape index (κ3) is 6.04. The molecule has 10 heteroatoms. The summed E-state index contributed by atoms with van der Waals surface area (Å²) >= 11 is 0. The largest absolute Gasteiger partial charge is 0.460 e. The minimum absolute atomic E-state index is 0.388. The molecule has 138 valence electrons. The number of esters is 2. The average Bonchev–Trinajstić information content (AvgIpc) is 2.48. The Morgan fingerprint density at radius 3 is 1.96 bits per heavy atom. The van der Waals surface area contributed by atoms with Gasteiger partial charge < -0.3 is 9.47 Å². The molecule has 1 fully saturated rings. The van der Waals surface area contributed by atoms with E-state index in [2.05, 4.69) is 11.3 Å². The van der Waals surface area contributed by atoms with Crippen LogP contribution in [0.4, 0.5) is 26.3 Å². The van der Waals surface area contributed by atoms with Crippen LogP contribution in [0.3, 0.4) is 0 Å². The summed E-state index contributed by atoms with van der Waals surface area (Å²) in [6.07, 6.45) is -12.1. The Balaban J connectivity index is 2.54. The number of carbonyl (C=O) groups excluding carboxylic acids is 2. The van der Waals surface area contributed by atoms with Crippen LogP contribution in [0.5, 0.6) is 0 Å². The fourth-order valence-corrected chi connectivity index (χ4v) is 2.18. The highest BCUT2D eigenvalue weighted by atomic mass is 19.4. The number of carbonyl (C=O) groups is 2. The summed E-state index contributed by atoms with van der Waals surface area (Å²) in [5.41, 5.74) is -0.808. The van der Waals surface area contributed by atoms with Crippen molar-refractivity contribution in [3.63, 3.8) is 0 Å². The zero-order valence-corrected chi connectivity index (χ0v) is 12.5. The van der Waals surface area contributed by atoms with Gasteiger partial charge in [0, 0.05) is 0 Å². The van der Waals surface area contributed by atoms with Gasteiger partial charge >= 0.3 is 24.3 Å². The normalized spacial score (nSPS) is 16.8. The Morgan fingerprint density at radius 1 is 1.00 bits per heavy atom. The van der Waals surface area contributed by atoms with E-state index >= 15 is 0 Å². The Bertz CT molecular complexity index is 463. The highest BCUT2D eigenvalue weighted by molar-refractivity contribution is 5.88. The molecule has 0 spiro atoms. The fraction of sp³-hybridized carbons (Fsp3) is 0.714. The van der Waals surface area contributed by atoms with Gasteiger partial charge in [0.1, 0.15) is 6.61 Å². The van der Waals surface area contributed by atoms with Crippen molar-refractivity contribution < 1.29 is 45.4 Å². The second-order valence-corrected chi connectivity index (χ2v) is 5.41. The molecule has 0 amide bonds. The van der Waals surface area contributed by atoms with E-state index in [9.17, 15) is 35.9 Å². The Hall–Kier alpha value is -1.74. The molecular weight excluding hydrogens is 346 g/mol. The molecule has 0 aliphatic heterocycles. The first kappa shape index (κ1) is 20.3. The minimum atomic E-state index is -5.81. The second-order valence-electron chi connectivity index (χ2n) is 5.41. The molecule has 4 nitrogen and oxygen atoms in total. The van der Waals surface area contributed by atoms with Crippen LogP contribution in [0.25, 0.3) is 0 Å². The maximum Gasteiger partial charge on any atom is 0.434 e. The lowest BCUT2D eigenvalue weighted by molar-refractivity contribution is -0.312. The monoisotopic (exact) mass is 362 g/mol. The van der Waals surface area contributed by atoms with Crippen LogP contribution in [0, 0.1) is 5.92 Å². The first-order valence-corrected chi connectivity index (χ1v) is 7.11. The molecular formula is C14H16F6O4. The molecule has 0 bridgehead atoms. The quantitative estimate of drug-likeness (QED) is 0.425. The van der Waals surface area contributed by atoms with Crippen LogP contribution in [-0.2, 0) is 19.1 Å². The molecule has 0 radical (unpaired) electrons. The molecule has 1 aliphatic carbocycles. The number of hydrogen-bond acceptors (Lipinski definition) is 4. The van der Waals surface area contributed by atoms with Crippen molar-refractivity contribution in [1.29, 1.82) is 0 Å². The van der Waals surface area contributed by atoms with Gasteiger partial charge in [-0.05, 0) is 12.8 Å². The van der Waals surface area contributed by atoms with Crippen molar-refractivity contribution >= 4 is 11.9 Å². The van der Waals surface area contributed by atoms with Gasteiger partial charge in [-0.25, -0.2) is 4.79 Å². The van der Waals surface area contributed by atoms with Gasteiger partial charge in [0.2, 0.25) is 0 Å². The standard InChI is InChI=1S/C14H16F6O4/c1-8(7-23-11(22)9-5-3-2-4-6-9)10(21)24-12(13(15,16)17)14(18,19)20/h9,12H,1-7H2. The summed E-state index contributed by atoms with van der Waals surface area (Å²) in [5.74, 6) is -2.97. The summed E-state index contributed by atoms with van der Waals surface area (Å²) in [6, 6.07) is 0. The summed E-state index contributed by atoms with van der Waals surface area (Å²) in [5, 5.41) is 0. The fourth-order valence-electron chi connectivity index (χ4n) is 2.18. The van der Waals surface area contributed by atoms with Crippen molar-refractivity contribution in [3.05, 3.63) is 12.2 Å². The molecule has 1 rings (SSSR count). The molecule has 24 heavy (non-hydrogen) atoms. The van der Waals surface area contributed by atoms with Crippen LogP contribution in [-0.4, -0.2) is 37.0 Å². The minimum Gasteiger partial charge on any atom is -0.460 e. The topological polar surface area (TPSA) is 52.6 Å². The van der Waals surface area contributed by atoms with Crippen molar-refractivity contribution in [2.24, 2.45) is 5.92 Å². The van der Waals surface area contributed by atoms with E-state index in [-0.39, 0.29) is 5.92 Å². The van der Waals surface area contributed by atoms with Crippen molar-refractivity contribution in [2.45, 2.75) is 50.6 Å². The van der Waals surface area contributed by atoms with Gasteiger partial charge in [0.25, 0.3) is 6.10 Å². The van der Waals surface area contributed by atoms with E-state index in [0.29, 0.717) is 12.8 Å². The summed E-state index contributed by atoms with van der Waals surface area (Å²) in [7, 11) is 0. The third-order valence-corrected chi connectivity index (χ3v) is 3.44. The van der Waals surface area contributed by atoms with Crippen LogP contribution in [0.15, 0.2) is 12.2 Å². The summed E-state index contributed by atoms with van der Waals surface area (Å²) in [4.78, 5) is 23.0. The van der Waals surface area contributed by atoms with E-state index in [0.717, 1.165) is 19.3 Å². The Kier molecular flexibility index (Phi) is 6.67. The summed E-state index contributed by atoms with van der Waals surface area (Å²) in [6.45, 7) is 2.18. The zero-order chi connectivity index (χ0) is 18.5. The van der Waals surface area contributed by atoms with Crippen molar-refractivity contribution in [1.82, 2.24) is 0 Å². The average molecular weight is 362 g/mol. The molecule has 0 atom stereocenters. The zero-order valence-electron chi connectivity index (χ0n) is 12.5. The van der Waals surface area contributed by atoms with Crippen molar-refractivity contribution in [2.75, 3.05) is 6.61 Å². The molecule has 0 aromatic carbocycles. The van der Waals surface area contributed by atoms with E-state index in [1.807, 2.05) is 0 Å². The van der Waals surface area contributed by atoms with E-state index in [4.69, 9.17) is 4.74 Å². The molecule has 0 saturated heterocycles. The predicted molar refractivity (Wildman–Crippen MR) is 68.7 cm³/mol. The molecule has 1 aliphatic rings. The van der Waals surface area contributed by atoms with Gasteiger partial charge in [0.15, 0.2) is 0 Å². The molecule has 0 aromatic heterocycles. The van der Waals surface area contributed by atoms with Crippen LogP contribution < -0.4 is 0 Å². The highest BCUT2D eigenvalue weighted by Gasteiger charge is 2.60. The van der Waals surface area contributed by atoms with Crippen LogP contribution in [0.2, 0.25) is 0 Å². The SMILES string of the molecule is C=C(COC(=O)C1CCCCC1)C(=O)OC(C(F)(F)F)C(F)(F)F. The number of hydrogen-bond donors (Lipinski definition) is 0. The lowest BCUT2D eigenvalue weighted by Crippen LogP contribution is -2.45. The first-order chi connectivity index (χ1) is 10.9. The number of alkyl halides is 6. The third-order valence-electron chi connectivity index (χ3n) is 3.44. The van der Waals surface area contributed by atoms with Gasteiger partial charge in [-0.15, -0.1) is 0 Å². The lowest BCUT2D eigenvalue weighted by Gasteiger charge is -2.23. The number of rotatable bonds is 5. The molecule has 0 heterocycles. The van der Waals surface area contributed by atoms with Gasteiger partial charge in [-0.1, -0.05) is 25.8 Å². The first-order valence-electron chi connectivity index (χ1n) is 7.11.